The van der Waals surface area contributed by atoms with Gasteiger partial charge in [-0.25, -0.2) is 9.38 Å². The molecule has 3 rings (SSSR count). The maximum absolute atomic E-state index is 13.9. The van der Waals surface area contributed by atoms with Crippen LogP contribution in [0.1, 0.15) is 21.5 Å². The summed E-state index contributed by atoms with van der Waals surface area (Å²) in [5, 5.41) is 6.21. The lowest BCUT2D eigenvalue weighted by atomic mass is 10.1. The number of ether oxygens (including phenoxy) is 1. The summed E-state index contributed by atoms with van der Waals surface area (Å²) in [6.07, 6.45) is 3.32. The Labute approximate surface area is 178 Å². The molecule has 6 nitrogen and oxygen atoms in total. The van der Waals surface area contributed by atoms with Crippen molar-refractivity contribution in [1.82, 2.24) is 10.3 Å². The molecule has 1 amide bonds. The molecule has 0 saturated carbocycles. The first kappa shape index (κ1) is 21.3. The number of hydrogen-bond acceptors (Lipinski definition) is 4. The van der Waals surface area contributed by atoms with E-state index in [-0.39, 0.29) is 18.1 Å². The SMILES string of the molecule is COc1ccc(Cl)cc1NC(=NCc1ccncc1)NC(=O)c1ccc(C)c(F)c1. The number of methoxy groups -OCH3 is 1. The molecule has 0 radical (unpaired) electrons. The number of nitrogens with zero attached hydrogens (tertiary/aromatic N) is 2. The van der Waals surface area contributed by atoms with Gasteiger partial charge in [0, 0.05) is 23.0 Å². The van der Waals surface area contributed by atoms with Gasteiger partial charge in [-0.1, -0.05) is 17.7 Å². The van der Waals surface area contributed by atoms with Crippen molar-refractivity contribution in [2.45, 2.75) is 13.5 Å². The molecule has 154 valence electrons. The summed E-state index contributed by atoms with van der Waals surface area (Å²) in [6.45, 7) is 1.92. The van der Waals surface area contributed by atoms with Crippen molar-refractivity contribution in [2.75, 3.05) is 12.4 Å². The first-order chi connectivity index (χ1) is 14.5. The molecule has 0 atom stereocenters. The number of rotatable bonds is 5. The van der Waals surface area contributed by atoms with E-state index in [1.807, 2.05) is 12.1 Å². The highest BCUT2D eigenvalue weighted by atomic mass is 35.5. The lowest BCUT2D eigenvalue weighted by Gasteiger charge is -2.15. The fraction of sp³-hybridized carbons (Fsp3) is 0.136. The number of aryl methyl sites for hydroxylation is 1. The van der Waals surface area contributed by atoms with Crippen molar-refractivity contribution in [2.24, 2.45) is 4.99 Å². The van der Waals surface area contributed by atoms with E-state index in [9.17, 15) is 9.18 Å². The third-order valence-electron chi connectivity index (χ3n) is 4.25. The van der Waals surface area contributed by atoms with Crippen molar-refractivity contribution in [1.29, 1.82) is 0 Å². The molecule has 2 N–H and O–H groups in total. The summed E-state index contributed by atoms with van der Waals surface area (Å²) in [4.78, 5) is 21.1. The van der Waals surface area contributed by atoms with Gasteiger partial charge in [-0.2, -0.15) is 0 Å². The van der Waals surface area contributed by atoms with Crippen LogP contribution in [-0.2, 0) is 6.54 Å². The van der Waals surface area contributed by atoms with Gasteiger partial charge in [0.25, 0.3) is 5.91 Å². The van der Waals surface area contributed by atoms with Crippen LogP contribution in [-0.4, -0.2) is 24.0 Å². The molecule has 0 aliphatic rings. The Morgan fingerprint density at radius 3 is 2.63 bits per heavy atom. The van der Waals surface area contributed by atoms with Crippen molar-refractivity contribution >= 4 is 29.2 Å². The Balaban J connectivity index is 1.88. The zero-order valence-corrected chi connectivity index (χ0v) is 17.2. The smallest absolute Gasteiger partial charge is 0.258 e. The Hall–Kier alpha value is -3.45. The predicted octanol–water partition coefficient (Wildman–Crippen LogP) is 4.59. The zero-order chi connectivity index (χ0) is 21.5. The fourth-order valence-corrected chi connectivity index (χ4v) is 2.76. The molecular weight excluding hydrogens is 407 g/mol. The maximum atomic E-state index is 13.9. The van der Waals surface area contributed by atoms with Crippen LogP contribution in [0.3, 0.4) is 0 Å². The third kappa shape index (κ3) is 5.55. The number of amides is 1. The van der Waals surface area contributed by atoms with Crippen LogP contribution in [0.15, 0.2) is 65.9 Å². The number of benzene rings is 2. The molecule has 0 bridgehead atoms. The topological polar surface area (TPSA) is 75.6 Å². The Morgan fingerprint density at radius 2 is 1.93 bits per heavy atom. The molecule has 1 heterocycles. The highest BCUT2D eigenvalue weighted by molar-refractivity contribution is 6.31. The number of carbonyl (C=O) groups excluding carboxylic acids is 1. The number of pyridine rings is 1. The van der Waals surface area contributed by atoms with Crippen LogP contribution < -0.4 is 15.4 Å². The van der Waals surface area contributed by atoms with Gasteiger partial charge in [0.1, 0.15) is 11.6 Å². The second-order valence-corrected chi connectivity index (χ2v) is 6.84. The van der Waals surface area contributed by atoms with Crippen LogP contribution >= 0.6 is 11.6 Å². The largest absolute Gasteiger partial charge is 0.495 e. The average Bonchev–Trinajstić information content (AvgIpc) is 2.75. The van der Waals surface area contributed by atoms with Gasteiger partial charge < -0.3 is 10.1 Å². The van der Waals surface area contributed by atoms with Crippen molar-refractivity contribution < 1.29 is 13.9 Å². The predicted molar refractivity (Wildman–Crippen MR) is 116 cm³/mol. The first-order valence-corrected chi connectivity index (χ1v) is 9.45. The van der Waals surface area contributed by atoms with Gasteiger partial charge in [0.2, 0.25) is 5.96 Å². The number of anilines is 1. The first-order valence-electron chi connectivity index (χ1n) is 9.07. The minimum Gasteiger partial charge on any atom is -0.495 e. The number of carbonyl (C=O) groups is 1. The number of nitrogens with one attached hydrogen (secondary N) is 2. The van der Waals surface area contributed by atoms with E-state index in [1.54, 1.807) is 49.6 Å². The molecule has 0 fully saturated rings. The molecule has 3 aromatic rings. The molecule has 2 aromatic carbocycles. The summed E-state index contributed by atoms with van der Waals surface area (Å²) in [5.74, 6) is -0.275. The van der Waals surface area contributed by atoms with Gasteiger partial charge in [-0.15, -0.1) is 0 Å². The normalized spacial score (nSPS) is 11.1. The molecule has 30 heavy (non-hydrogen) atoms. The maximum Gasteiger partial charge on any atom is 0.258 e. The summed E-state index contributed by atoms with van der Waals surface area (Å²) < 4.78 is 19.2. The van der Waals surface area contributed by atoms with Gasteiger partial charge in [-0.3, -0.25) is 15.1 Å². The molecule has 1 aromatic heterocycles. The second kappa shape index (κ2) is 9.84. The molecular formula is C22H20ClFN4O2. The number of aliphatic imine (C=N–C) groups is 1. The second-order valence-electron chi connectivity index (χ2n) is 6.41. The molecule has 0 saturated heterocycles. The Morgan fingerprint density at radius 1 is 1.17 bits per heavy atom. The van der Waals surface area contributed by atoms with Gasteiger partial charge in [0.05, 0.1) is 19.3 Å². The van der Waals surface area contributed by atoms with Gasteiger partial charge in [0.15, 0.2) is 0 Å². The number of guanidine groups is 1. The van der Waals surface area contributed by atoms with Crippen LogP contribution in [0, 0.1) is 12.7 Å². The molecule has 0 unspecified atom stereocenters. The molecule has 8 heteroatoms. The monoisotopic (exact) mass is 426 g/mol. The number of aromatic nitrogens is 1. The van der Waals surface area contributed by atoms with Crippen LogP contribution in [0.2, 0.25) is 5.02 Å². The minimum atomic E-state index is -0.504. The zero-order valence-electron chi connectivity index (χ0n) is 16.4. The van der Waals surface area contributed by atoms with E-state index in [0.29, 0.717) is 22.0 Å². The molecule has 0 spiro atoms. The number of halogens is 2. The van der Waals surface area contributed by atoms with E-state index in [1.165, 1.54) is 13.2 Å². The highest BCUT2D eigenvalue weighted by Gasteiger charge is 2.13. The fourth-order valence-electron chi connectivity index (χ4n) is 2.59. The minimum absolute atomic E-state index is 0.165. The molecule has 0 aliphatic heterocycles. The Bertz CT molecular complexity index is 1070. The van der Waals surface area contributed by atoms with E-state index >= 15 is 0 Å². The van der Waals surface area contributed by atoms with Crippen LogP contribution in [0.25, 0.3) is 0 Å². The van der Waals surface area contributed by atoms with Crippen molar-refractivity contribution in [3.8, 4) is 5.75 Å². The lowest BCUT2D eigenvalue weighted by molar-refractivity contribution is 0.0976. The standard InChI is InChI=1S/C22H20ClFN4O2/c1-14-3-4-16(11-18(14)24)21(29)28-22(26-13-15-7-9-25-10-8-15)27-19-12-17(23)5-6-20(19)30-2/h3-12H,13H2,1-2H3,(H2,26,27,28,29). The Kier molecular flexibility index (Phi) is 6.98. The van der Waals surface area contributed by atoms with E-state index in [2.05, 4.69) is 20.6 Å². The summed E-state index contributed by atoms with van der Waals surface area (Å²) >= 11 is 6.09. The number of hydrogen-bond donors (Lipinski definition) is 2. The quantitative estimate of drug-likeness (QED) is 0.462. The molecule has 0 aliphatic carbocycles. The van der Waals surface area contributed by atoms with Gasteiger partial charge >= 0.3 is 0 Å². The summed E-state index contributed by atoms with van der Waals surface area (Å²) in [5.41, 5.74) is 2.06. The lowest BCUT2D eigenvalue weighted by Crippen LogP contribution is -2.36. The third-order valence-corrected chi connectivity index (χ3v) is 4.48. The van der Waals surface area contributed by atoms with E-state index in [0.717, 1.165) is 5.56 Å². The summed E-state index contributed by atoms with van der Waals surface area (Å²) in [6, 6.07) is 13.0. The summed E-state index contributed by atoms with van der Waals surface area (Å²) in [7, 11) is 1.52. The van der Waals surface area contributed by atoms with Crippen LogP contribution in [0.5, 0.6) is 5.75 Å². The van der Waals surface area contributed by atoms with Gasteiger partial charge in [-0.05, 0) is 60.5 Å². The van der Waals surface area contributed by atoms with Crippen molar-refractivity contribution in [3.63, 3.8) is 0 Å². The van der Waals surface area contributed by atoms with Crippen LogP contribution in [0.4, 0.5) is 10.1 Å². The van der Waals surface area contributed by atoms with E-state index in [4.69, 9.17) is 16.3 Å². The average molecular weight is 427 g/mol. The highest BCUT2D eigenvalue weighted by Crippen LogP contribution is 2.27. The van der Waals surface area contributed by atoms with Crippen molar-refractivity contribution in [3.05, 3.63) is 88.5 Å². The van der Waals surface area contributed by atoms with E-state index < -0.39 is 11.7 Å².